The molecular formula is C69H129NO5. The molecule has 440 valence electrons. The fraction of sp³-hybridized carbons (Fsp3) is 0.855. The van der Waals surface area contributed by atoms with Crippen molar-refractivity contribution >= 4 is 11.9 Å². The Balaban J connectivity index is 3.45. The molecule has 6 nitrogen and oxygen atoms in total. The first-order valence-corrected chi connectivity index (χ1v) is 33.4. The van der Waals surface area contributed by atoms with Crippen molar-refractivity contribution in [1.82, 2.24) is 5.32 Å². The van der Waals surface area contributed by atoms with Crippen LogP contribution < -0.4 is 5.32 Å². The van der Waals surface area contributed by atoms with E-state index >= 15 is 0 Å². The second kappa shape index (κ2) is 64.3. The lowest BCUT2D eigenvalue weighted by molar-refractivity contribution is -0.143. The van der Waals surface area contributed by atoms with E-state index in [0.29, 0.717) is 19.4 Å². The van der Waals surface area contributed by atoms with E-state index < -0.39 is 12.1 Å². The van der Waals surface area contributed by atoms with Crippen LogP contribution in [-0.2, 0) is 14.3 Å². The number of amides is 1. The van der Waals surface area contributed by atoms with Crippen LogP contribution in [0.15, 0.2) is 48.6 Å². The Morgan fingerprint density at radius 3 is 1.03 bits per heavy atom. The van der Waals surface area contributed by atoms with E-state index in [1.807, 2.05) is 6.08 Å². The molecule has 0 aliphatic rings. The summed E-state index contributed by atoms with van der Waals surface area (Å²) in [5, 5.41) is 23.2. The molecule has 0 radical (unpaired) electrons. The molecule has 2 unspecified atom stereocenters. The molecule has 75 heavy (non-hydrogen) atoms. The standard InChI is InChI=1S/C69H129NO5/c1-3-5-7-9-11-13-15-17-19-31-34-37-41-45-49-53-57-61-67(72)66(65-71)70-68(73)62-58-54-50-46-42-38-35-32-29-27-25-23-21-20-22-24-26-28-30-33-36-40-44-48-52-56-60-64-75-69(74)63-59-55-51-47-43-39-18-16-14-12-10-8-6-4-2/h16,18,20-21,24,26,57,61,66-67,71-72H,3-15,17,19,22-23,25,27-56,58-60,62-65H2,1-2H3,(H,70,73)/b18-16-,21-20-,26-24-,61-57+. The zero-order valence-corrected chi connectivity index (χ0v) is 50.3. The second-order valence-corrected chi connectivity index (χ2v) is 22.8. The predicted octanol–water partition coefficient (Wildman–Crippen LogP) is 21.3. The van der Waals surface area contributed by atoms with Crippen molar-refractivity contribution in [3.05, 3.63) is 48.6 Å². The van der Waals surface area contributed by atoms with E-state index in [2.05, 4.69) is 55.6 Å². The summed E-state index contributed by atoms with van der Waals surface area (Å²) >= 11 is 0. The van der Waals surface area contributed by atoms with Crippen molar-refractivity contribution in [2.45, 2.75) is 366 Å². The minimum atomic E-state index is -0.848. The van der Waals surface area contributed by atoms with Gasteiger partial charge in [-0.25, -0.2) is 0 Å². The van der Waals surface area contributed by atoms with Gasteiger partial charge < -0.3 is 20.3 Å². The van der Waals surface area contributed by atoms with Gasteiger partial charge in [-0.1, -0.05) is 300 Å². The number of allylic oxidation sites excluding steroid dienone is 7. The summed E-state index contributed by atoms with van der Waals surface area (Å²) in [5.41, 5.74) is 0. The third-order valence-electron chi connectivity index (χ3n) is 15.3. The quantitative estimate of drug-likeness (QED) is 0.0320. The number of aliphatic hydroxyl groups excluding tert-OH is 2. The largest absolute Gasteiger partial charge is 0.466 e. The fourth-order valence-electron chi connectivity index (χ4n) is 10.2. The van der Waals surface area contributed by atoms with Gasteiger partial charge in [0.2, 0.25) is 5.91 Å². The first-order chi connectivity index (χ1) is 37.0. The van der Waals surface area contributed by atoms with Crippen molar-refractivity contribution in [3.8, 4) is 0 Å². The number of nitrogens with one attached hydrogen (secondary N) is 1. The molecular weight excluding hydrogens is 923 g/mol. The molecule has 0 aliphatic heterocycles. The lowest BCUT2D eigenvalue weighted by Gasteiger charge is -2.20. The number of hydrogen-bond acceptors (Lipinski definition) is 5. The van der Waals surface area contributed by atoms with Gasteiger partial charge in [0.15, 0.2) is 0 Å². The first-order valence-electron chi connectivity index (χ1n) is 33.4. The number of carbonyl (C=O) groups excluding carboxylic acids is 2. The number of carbonyl (C=O) groups is 2. The molecule has 0 rings (SSSR count). The summed E-state index contributed by atoms with van der Waals surface area (Å²) < 4.78 is 5.48. The van der Waals surface area contributed by atoms with Crippen LogP contribution in [-0.4, -0.2) is 47.4 Å². The van der Waals surface area contributed by atoms with Crippen molar-refractivity contribution in [2.75, 3.05) is 13.2 Å². The highest BCUT2D eigenvalue weighted by molar-refractivity contribution is 5.76. The molecule has 0 saturated carbocycles. The molecule has 0 saturated heterocycles. The molecule has 0 fully saturated rings. The summed E-state index contributed by atoms with van der Waals surface area (Å²) in [6, 6.07) is -0.631. The van der Waals surface area contributed by atoms with E-state index in [1.54, 1.807) is 6.08 Å². The molecule has 0 aromatic carbocycles. The molecule has 0 aliphatic carbocycles. The van der Waals surface area contributed by atoms with E-state index in [9.17, 15) is 19.8 Å². The third-order valence-corrected chi connectivity index (χ3v) is 15.3. The molecule has 1 amide bonds. The third kappa shape index (κ3) is 60.9. The highest BCUT2D eigenvalue weighted by Gasteiger charge is 2.18. The number of ether oxygens (including phenoxy) is 1. The zero-order valence-electron chi connectivity index (χ0n) is 50.3. The first kappa shape index (κ1) is 72.8. The topological polar surface area (TPSA) is 95.9 Å². The summed E-state index contributed by atoms with van der Waals surface area (Å²) in [7, 11) is 0. The molecule has 0 aromatic rings. The van der Waals surface area contributed by atoms with Gasteiger partial charge in [0.25, 0.3) is 0 Å². The minimum Gasteiger partial charge on any atom is -0.466 e. The smallest absolute Gasteiger partial charge is 0.305 e. The lowest BCUT2D eigenvalue weighted by Crippen LogP contribution is -2.45. The van der Waals surface area contributed by atoms with E-state index in [0.717, 1.165) is 51.4 Å². The molecule has 2 atom stereocenters. The van der Waals surface area contributed by atoms with Crippen LogP contribution in [0.2, 0.25) is 0 Å². The van der Waals surface area contributed by atoms with Gasteiger partial charge in [-0.15, -0.1) is 0 Å². The van der Waals surface area contributed by atoms with Gasteiger partial charge in [0.05, 0.1) is 25.4 Å². The van der Waals surface area contributed by atoms with Crippen LogP contribution in [0.3, 0.4) is 0 Å². The summed E-state index contributed by atoms with van der Waals surface area (Å²) in [4.78, 5) is 24.5. The van der Waals surface area contributed by atoms with Crippen LogP contribution in [0, 0.1) is 0 Å². The van der Waals surface area contributed by atoms with Crippen molar-refractivity contribution in [1.29, 1.82) is 0 Å². The SMILES string of the molecule is CCCCCCC/C=C\CCCCCCCC(=O)OCCCCCCCCCCC/C=C\C/C=C\CCCCCCCCCCCCCC(=O)NC(CO)C(O)/C=C/CCCCCCCCCCCCCCCCC. The minimum absolute atomic E-state index is 0.00161. The average Bonchev–Trinajstić information content (AvgIpc) is 3.41. The molecule has 0 aromatic heterocycles. The van der Waals surface area contributed by atoms with Gasteiger partial charge >= 0.3 is 5.97 Å². The van der Waals surface area contributed by atoms with Gasteiger partial charge in [-0.05, 0) is 89.9 Å². The maximum atomic E-state index is 12.5. The Labute approximate surface area is 467 Å². The van der Waals surface area contributed by atoms with E-state index in [1.165, 1.54) is 276 Å². The van der Waals surface area contributed by atoms with Crippen LogP contribution in [0.1, 0.15) is 354 Å². The Bertz CT molecular complexity index is 1260. The molecule has 0 spiro atoms. The average molecular weight is 1050 g/mol. The van der Waals surface area contributed by atoms with Crippen molar-refractivity contribution in [3.63, 3.8) is 0 Å². The van der Waals surface area contributed by atoms with Crippen LogP contribution >= 0.6 is 0 Å². The van der Waals surface area contributed by atoms with Gasteiger partial charge in [-0.2, -0.15) is 0 Å². The molecule has 0 bridgehead atoms. The second-order valence-electron chi connectivity index (χ2n) is 22.8. The Kier molecular flexibility index (Phi) is 62.5. The summed E-state index contributed by atoms with van der Waals surface area (Å²) in [6.45, 7) is 4.90. The number of esters is 1. The number of unbranched alkanes of at least 4 members (excludes halogenated alkanes) is 45. The number of rotatable bonds is 62. The summed E-state index contributed by atoms with van der Waals surface area (Å²) in [6.07, 6.45) is 83.1. The number of hydrogen-bond donors (Lipinski definition) is 3. The monoisotopic (exact) mass is 1050 g/mol. The normalized spacial score (nSPS) is 12.9. The van der Waals surface area contributed by atoms with Gasteiger partial charge in [0, 0.05) is 12.8 Å². The molecule has 0 heterocycles. The molecule has 6 heteroatoms. The van der Waals surface area contributed by atoms with Crippen molar-refractivity contribution < 1.29 is 24.5 Å². The highest BCUT2D eigenvalue weighted by Crippen LogP contribution is 2.17. The summed E-state index contributed by atoms with van der Waals surface area (Å²) in [5.74, 6) is -0.0678. The maximum absolute atomic E-state index is 12.5. The fourth-order valence-corrected chi connectivity index (χ4v) is 10.2. The van der Waals surface area contributed by atoms with E-state index in [4.69, 9.17) is 4.74 Å². The van der Waals surface area contributed by atoms with Gasteiger partial charge in [-0.3, -0.25) is 9.59 Å². The zero-order chi connectivity index (χ0) is 54.3. The number of aliphatic hydroxyl groups is 2. The molecule has 3 N–H and O–H groups in total. The Hall–Kier alpha value is -2.18. The van der Waals surface area contributed by atoms with Crippen LogP contribution in [0.25, 0.3) is 0 Å². The van der Waals surface area contributed by atoms with Crippen LogP contribution in [0.4, 0.5) is 0 Å². The lowest BCUT2D eigenvalue weighted by atomic mass is 10.0. The Morgan fingerprint density at radius 2 is 0.667 bits per heavy atom. The van der Waals surface area contributed by atoms with E-state index in [-0.39, 0.29) is 18.5 Å². The van der Waals surface area contributed by atoms with Crippen LogP contribution in [0.5, 0.6) is 0 Å². The maximum Gasteiger partial charge on any atom is 0.305 e. The van der Waals surface area contributed by atoms with Gasteiger partial charge in [0.1, 0.15) is 0 Å². The predicted molar refractivity (Wildman–Crippen MR) is 329 cm³/mol. The Morgan fingerprint density at radius 1 is 0.373 bits per heavy atom. The van der Waals surface area contributed by atoms with Crippen molar-refractivity contribution in [2.24, 2.45) is 0 Å². The highest BCUT2D eigenvalue weighted by atomic mass is 16.5.